The minimum atomic E-state index is -2.82. The molecule has 94 valence electrons. The van der Waals surface area contributed by atoms with E-state index in [9.17, 15) is 13.5 Å². The fraction of sp³-hybridized carbons (Fsp3) is 1.00. The molecule has 0 bridgehead atoms. The van der Waals surface area contributed by atoms with Crippen molar-refractivity contribution in [3.05, 3.63) is 0 Å². The van der Waals surface area contributed by atoms with E-state index in [1.54, 1.807) is 0 Å². The van der Waals surface area contributed by atoms with Crippen molar-refractivity contribution in [1.82, 2.24) is 5.32 Å². The van der Waals surface area contributed by atoms with Gasteiger partial charge in [0.25, 0.3) is 0 Å². The average molecular weight is 247 g/mol. The predicted octanol–water partition coefficient (Wildman–Crippen LogP) is 0.457. The normalized spacial score (nSPS) is 39.4. The zero-order valence-electron chi connectivity index (χ0n) is 9.56. The molecule has 2 rings (SSSR count). The molecule has 1 saturated carbocycles. The molecule has 3 unspecified atom stereocenters. The van der Waals surface area contributed by atoms with E-state index >= 15 is 0 Å². The highest BCUT2D eigenvalue weighted by Crippen LogP contribution is 2.20. The van der Waals surface area contributed by atoms with Crippen LogP contribution in [-0.4, -0.2) is 43.2 Å². The minimum Gasteiger partial charge on any atom is -0.392 e. The lowest BCUT2D eigenvalue weighted by Gasteiger charge is -2.25. The summed E-state index contributed by atoms with van der Waals surface area (Å²) in [5, 5.41) is 13.3. The first kappa shape index (κ1) is 12.3. The lowest BCUT2D eigenvalue weighted by molar-refractivity contribution is 0.115. The molecule has 3 atom stereocenters. The van der Waals surface area contributed by atoms with Crippen LogP contribution in [0.1, 0.15) is 38.5 Å². The molecule has 1 aliphatic heterocycles. The highest BCUT2D eigenvalue weighted by atomic mass is 32.2. The van der Waals surface area contributed by atoms with Crippen molar-refractivity contribution >= 4 is 9.84 Å². The summed E-state index contributed by atoms with van der Waals surface area (Å²) in [6, 6.07) is 0.156. The van der Waals surface area contributed by atoms with Crippen molar-refractivity contribution < 1.29 is 13.5 Å². The maximum Gasteiger partial charge on any atom is 0.151 e. The molecule has 2 fully saturated rings. The van der Waals surface area contributed by atoms with Crippen LogP contribution in [0, 0.1) is 0 Å². The first-order valence-corrected chi connectivity index (χ1v) is 8.03. The molecular weight excluding hydrogens is 226 g/mol. The van der Waals surface area contributed by atoms with E-state index in [4.69, 9.17) is 0 Å². The molecule has 1 heterocycles. The smallest absolute Gasteiger partial charge is 0.151 e. The van der Waals surface area contributed by atoms with Gasteiger partial charge in [-0.25, -0.2) is 8.42 Å². The summed E-state index contributed by atoms with van der Waals surface area (Å²) in [5.74, 6) is 0.545. The number of hydrogen-bond donors (Lipinski definition) is 2. The van der Waals surface area contributed by atoms with Crippen molar-refractivity contribution in [2.24, 2.45) is 0 Å². The summed E-state index contributed by atoms with van der Waals surface area (Å²) in [6.45, 7) is 0. The van der Waals surface area contributed by atoms with Crippen molar-refractivity contribution in [3.63, 3.8) is 0 Å². The van der Waals surface area contributed by atoms with E-state index in [1.165, 1.54) is 6.42 Å². The Morgan fingerprint density at radius 2 is 1.81 bits per heavy atom. The Kier molecular flexibility index (Phi) is 3.87. The number of sulfone groups is 1. The molecule has 0 amide bonds. The Morgan fingerprint density at radius 1 is 1.06 bits per heavy atom. The quantitative estimate of drug-likeness (QED) is 0.696. The van der Waals surface area contributed by atoms with Gasteiger partial charge in [0.05, 0.1) is 17.6 Å². The first-order valence-electron chi connectivity index (χ1n) is 6.21. The summed E-state index contributed by atoms with van der Waals surface area (Å²) in [7, 11) is -2.82. The summed E-state index contributed by atoms with van der Waals surface area (Å²) in [4.78, 5) is 0. The average Bonchev–Trinajstić information content (AvgIpc) is 2.41. The Balaban J connectivity index is 1.88. The summed E-state index contributed by atoms with van der Waals surface area (Å²) >= 11 is 0. The highest BCUT2D eigenvalue weighted by Gasteiger charge is 2.31. The largest absolute Gasteiger partial charge is 0.392 e. The zero-order valence-corrected chi connectivity index (χ0v) is 10.4. The monoisotopic (exact) mass is 247 g/mol. The topological polar surface area (TPSA) is 66.4 Å². The lowest BCUT2D eigenvalue weighted by atomic mass is 10.0. The molecule has 5 heteroatoms. The van der Waals surface area contributed by atoms with Crippen LogP contribution in [0.5, 0.6) is 0 Å². The van der Waals surface area contributed by atoms with Crippen molar-refractivity contribution in [1.29, 1.82) is 0 Å². The molecule has 0 spiro atoms. The van der Waals surface area contributed by atoms with Crippen LogP contribution in [0.15, 0.2) is 0 Å². The highest BCUT2D eigenvalue weighted by molar-refractivity contribution is 7.91. The molecule has 0 aromatic rings. The second kappa shape index (κ2) is 5.02. The van der Waals surface area contributed by atoms with Crippen LogP contribution in [0.25, 0.3) is 0 Å². The van der Waals surface area contributed by atoms with Crippen LogP contribution < -0.4 is 5.32 Å². The van der Waals surface area contributed by atoms with Gasteiger partial charge < -0.3 is 10.4 Å². The fourth-order valence-electron chi connectivity index (χ4n) is 2.71. The summed E-state index contributed by atoms with van der Waals surface area (Å²) in [6.07, 6.45) is 5.61. The molecule has 2 aliphatic rings. The maximum absolute atomic E-state index is 11.3. The molecule has 4 nitrogen and oxygen atoms in total. The van der Waals surface area contributed by atoms with Gasteiger partial charge in [0.2, 0.25) is 0 Å². The van der Waals surface area contributed by atoms with Crippen LogP contribution in [0.4, 0.5) is 0 Å². The molecule has 0 radical (unpaired) electrons. The van der Waals surface area contributed by atoms with Gasteiger partial charge in [0.15, 0.2) is 9.84 Å². The van der Waals surface area contributed by atoms with Gasteiger partial charge in [-0.2, -0.15) is 0 Å². The maximum atomic E-state index is 11.3. The molecular formula is C11H21NO3S. The van der Waals surface area contributed by atoms with Gasteiger partial charge in [-0.15, -0.1) is 0 Å². The number of aliphatic hydroxyl groups excluding tert-OH is 1. The zero-order chi connectivity index (χ0) is 11.6. The van der Waals surface area contributed by atoms with Gasteiger partial charge in [0.1, 0.15) is 0 Å². The van der Waals surface area contributed by atoms with Crippen LogP contribution in [-0.2, 0) is 9.84 Å². The Hall–Kier alpha value is -0.130. The van der Waals surface area contributed by atoms with Gasteiger partial charge >= 0.3 is 0 Å². The van der Waals surface area contributed by atoms with E-state index < -0.39 is 9.84 Å². The third-order valence-electron chi connectivity index (χ3n) is 3.66. The molecule has 16 heavy (non-hydrogen) atoms. The third-order valence-corrected chi connectivity index (χ3v) is 5.43. The van der Waals surface area contributed by atoms with E-state index in [-0.39, 0.29) is 23.9 Å². The Bertz CT molecular complexity index is 328. The summed E-state index contributed by atoms with van der Waals surface area (Å²) in [5.41, 5.74) is 0. The molecule has 2 N–H and O–H groups in total. The van der Waals surface area contributed by atoms with Gasteiger partial charge in [0, 0.05) is 12.1 Å². The van der Waals surface area contributed by atoms with E-state index in [0.717, 1.165) is 25.7 Å². The van der Waals surface area contributed by atoms with Gasteiger partial charge in [-0.1, -0.05) is 19.3 Å². The second-order valence-electron chi connectivity index (χ2n) is 5.08. The van der Waals surface area contributed by atoms with E-state index in [1.807, 2.05) is 0 Å². The van der Waals surface area contributed by atoms with Crippen LogP contribution in [0.3, 0.4) is 0 Å². The molecule has 0 aromatic carbocycles. The van der Waals surface area contributed by atoms with Crippen molar-refractivity contribution in [2.45, 2.75) is 56.7 Å². The fourth-order valence-corrected chi connectivity index (χ4v) is 4.40. The molecule has 1 saturated heterocycles. The SMILES string of the molecule is O=S1(=O)CCC(NC2CCCCCC2O)C1. The second-order valence-corrected chi connectivity index (χ2v) is 7.31. The minimum absolute atomic E-state index is 0.0581. The van der Waals surface area contributed by atoms with Gasteiger partial charge in [-0.05, 0) is 19.3 Å². The third kappa shape index (κ3) is 3.18. The first-order chi connectivity index (χ1) is 7.57. The number of rotatable bonds is 2. The number of nitrogens with one attached hydrogen (secondary N) is 1. The Labute approximate surface area is 97.3 Å². The van der Waals surface area contributed by atoms with E-state index in [2.05, 4.69) is 5.32 Å². The molecule has 0 aromatic heterocycles. The van der Waals surface area contributed by atoms with Gasteiger partial charge in [-0.3, -0.25) is 0 Å². The van der Waals surface area contributed by atoms with Crippen LogP contribution >= 0.6 is 0 Å². The molecule has 1 aliphatic carbocycles. The number of hydrogen-bond acceptors (Lipinski definition) is 4. The van der Waals surface area contributed by atoms with Crippen molar-refractivity contribution in [2.75, 3.05) is 11.5 Å². The summed E-state index contributed by atoms with van der Waals surface area (Å²) < 4.78 is 22.7. The number of aliphatic hydroxyl groups is 1. The lowest BCUT2D eigenvalue weighted by Crippen LogP contribution is -2.45. The predicted molar refractivity (Wildman–Crippen MR) is 63.1 cm³/mol. The van der Waals surface area contributed by atoms with E-state index in [0.29, 0.717) is 12.2 Å². The van der Waals surface area contributed by atoms with Crippen LogP contribution in [0.2, 0.25) is 0 Å². The van der Waals surface area contributed by atoms with Crippen molar-refractivity contribution in [3.8, 4) is 0 Å². The Morgan fingerprint density at radius 3 is 2.50 bits per heavy atom. The standard InChI is InChI=1S/C11H21NO3S/c13-11-5-3-1-2-4-10(11)12-9-6-7-16(14,15)8-9/h9-13H,1-8H2.